The van der Waals surface area contributed by atoms with E-state index in [0.29, 0.717) is 11.1 Å². The van der Waals surface area contributed by atoms with Crippen LogP contribution in [-0.4, -0.2) is 11.1 Å². The Labute approximate surface area is 111 Å². The molecule has 1 heterocycles. The van der Waals surface area contributed by atoms with Crippen LogP contribution in [0.3, 0.4) is 0 Å². The summed E-state index contributed by atoms with van der Waals surface area (Å²) in [5, 5.41) is 4.02. The minimum absolute atomic E-state index is 0.522. The van der Waals surface area contributed by atoms with Crippen molar-refractivity contribution >= 4 is 0 Å². The molecule has 4 bridgehead atoms. The highest BCUT2D eigenvalue weighted by Crippen LogP contribution is 2.74. The van der Waals surface area contributed by atoms with Crippen LogP contribution in [0.2, 0.25) is 0 Å². The fraction of sp³-hybridized carbons (Fsp3) is 1.00. The third-order valence-corrected chi connectivity index (χ3v) is 8.00. The van der Waals surface area contributed by atoms with Crippen LogP contribution in [0.25, 0.3) is 0 Å². The highest BCUT2D eigenvalue weighted by Gasteiger charge is 2.77. The van der Waals surface area contributed by atoms with Crippen LogP contribution in [0.5, 0.6) is 0 Å². The van der Waals surface area contributed by atoms with E-state index in [9.17, 15) is 0 Å². The fourth-order valence-corrected chi connectivity index (χ4v) is 7.66. The van der Waals surface area contributed by atoms with Crippen LogP contribution in [0.1, 0.15) is 58.8 Å². The van der Waals surface area contributed by atoms with Crippen molar-refractivity contribution in [3.05, 3.63) is 0 Å². The zero-order chi connectivity index (χ0) is 12.1. The molecule has 4 aliphatic carbocycles. The molecule has 0 amide bonds. The molecule has 8 unspecified atom stereocenters. The summed E-state index contributed by atoms with van der Waals surface area (Å²) in [4.78, 5) is 0. The van der Waals surface area contributed by atoms with Gasteiger partial charge in [0.1, 0.15) is 0 Å². The summed E-state index contributed by atoms with van der Waals surface area (Å²) in [6.07, 6.45) is 10.7. The highest BCUT2D eigenvalue weighted by molar-refractivity contribution is 5.34. The van der Waals surface area contributed by atoms with E-state index in [1.165, 1.54) is 18.8 Å². The summed E-state index contributed by atoms with van der Waals surface area (Å²) >= 11 is 0. The molecule has 0 aromatic carbocycles. The lowest BCUT2D eigenvalue weighted by Crippen LogP contribution is -2.41. The first kappa shape index (κ1) is 10.7. The van der Waals surface area contributed by atoms with E-state index >= 15 is 0 Å². The average molecular weight is 245 g/mol. The smallest absolute Gasteiger partial charge is 0.0400 e. The normalized spacial score (nSPS) is 67.0. The minimum atomic E-state index is 0.522. The summed E-state index contributed by atoms with van der Waals surface area (Å²) in [5.74, 6) is 6.80. The summed E-state index contributed by atoms with van der Waals surface area (Å²) in [7, 11) is 0. The van der Waals surface area contributed by atoms with Gasteiger partial charge in [-0.3, -0.25) is 0 Å². The SMILES string of the molecule is CCCC1(C)NC12CC1CC2C2C3CCC(C3)C12. The molecule has 5 rings (SSSR count). The molecule has 1 heteroatoms. The van der Waals surface area contributed by atoms with Gasteiger partial charge in [-0.2, -0.15) is 0 Å². The third-order valence-electron chi connectivity index (χ3n) is 8.00. The van der Waals surface area contributed by atoms with Crippen molar-refractivity contribution < 1.29 is 0 Å². The number of hydrogen-bond acceptors (Lipinski definition) is 1. The Balaban J connectivity index is 1.48. The summed E-state index contributed by atoms with van der Waals surface area (Å²) in [6.45, 7) is 4.88. The third kappa shape index (κ3) is 0.961. The molecular formula is C17H27N. The quantitative estimate of drug-likeness (QED) is 0.583. The molecular weight excluding hydrogens is 218 g/mol. The van der Waals surface area contributed by atoms with E-state index in [1.54, 1.807) is 32.1 Å². The second kappa shape index (κ2) is 3.00. The molecule has 1 nitrogen and oxygen atoms in total. The molecule has 5 fully saturated rings. The number of hydrogen-bond donors (Lipinski definition) is 1. The van der Waals surface area contributed by atoms with E-state index < -0.39 is 0 Å². The molecule has 0 aromatic rings. The number of nitrogens with one attached hydrogen (secondary N) is 1. The van der Waals surface area contributed by atoms with Gasteiger partial charge in [0.2, 0.25) is 0 Å². The van der Waals surface area contributed by atoms with Crippen LogP contribution in [0, 0.1) is 35.5 Å². The van der Waals surface area contributed by atoms with Crippen LogP contribution in [-0.2, 0) is 0 Å². The molecule has 1 saturated heterocycles. The Bertz CT molecular complexity index is 404. The molecule has 0 aromatic heterocycles. The lowest BCUT2D eigenvalue weighted by molar-refractivity contribution is 0.113. The summed E-state index contributed by atoms with van der Waals surface area (Å²) in [5.41, 5.74) is 1.13. The monoisotopic (exact) mass is 245 g/mol. The van der Waals surface area contributed by atoms with E-state index in [0.717, 1.165) is 29.6 Å². The van der Waals surface area contributed by atoms with Crippen molar-refractivity contribution in [3.63, 3.8) is 0 Å². The van der Waals surface area contributed by atoms with Crippen molar-refractivity contribution in [1.29, 1.82) is 0 Å². The van der Waals surface area contributed by atoms with Crippen molar-refractivity contribution in [2.45, 2.75) is 69.9 Å². The highest BCUT2D eigenvalue weighted by atomic mass is 15.3. The average Bonchev–Trinajstić information content (AvgIpc) is 2.88. The predicted octanol–water partition coefficient (Wildman–Crippen LogP) is 3.59. The second-order valence-electron chi connectivity index (χ2n) is 8.47. The molecule has 1 aliphatic heterocycles. The first-order valence-corrected chi connectivity index (χ1v) is 8.48. The van der Waals surface area contributed by atoms with Gasteiger partial charge in [0.05, 0.1) is 0 Å². The lowest BCUT2D eigenvalue weighted by Gasteiger charge is -2.39. The van der Waals surface area contributed by atoms with Crippen molar-refractivity contribution in [3.8, 4) is 0 Å². The van der Waals surface area contributed by atoms with Gasteiger partial charge in [-0.15, -0.1) is 0 Å². The lowest BCUT2D eigenvalue weighted by atomic mass is 9.64. The van der Waals surface area contributed by atoms with E-state index in [4.69, 9.17) is 0 Å². The zero-order valence-corrected chi connectivity index (χ0v) is 11.9. The molecule has 1 N–H and O–H groups in total. The zero-order valence-electron chi connectivity index (χ0n) is 11.9. The molecule has 18 heavy (non-hydrogen) atoms. The standard InChI is InChI=1S/C17H27N/c1-3-6-16(2)17(18-16)9-12-8-13(17)15-11-5-4-10(7-11)14(12)15/h10-15,18H,3-9H2,1-2H3. The van der Waals surface area contributed by atoms with Gasteiger partial charge in [0.15, 0.2) is 0 Å². The Kier molecular flexibility index (Phi) is 1.78. The van der Waals surface area contributed by atoms with E-state index in [2.05, 4.69) is 19.2 Å². The van der Waals surface area contributed by atoms with Gasteiger partial charge >= 0.3 is 0 Å². The Morgan fingerprint density at radius 1 is 1.06 bits per heavy atom. The van der Waals surface area contributed by atoms with Crippen LogP contribution in [0.4, 0.5) is 0 Å². The van der Waals surface area contributed by atoms with Gasteiger partial charge in [0.25, 0.3) is 0 Å². The van der Waals surface area contributed by atoms with E-state index in [-0.39, 0.29) is 0 Å². The Morgan fingerprint density at radius 3 is 2.61 bits per heavy atom. The van der Waals surface area contributed by atoms with Gasteiger partial charge in [-0.05, 0) is 81.0 Å². The number of rotatable bonds is 2. The number of fused-ring (bicyclic) bond motifs is 10. The topological polar surface area (TPSA) is 21.9 Å². The maximum absolute atomic E-state index is 4.02. The molecule has 4 saturated carbocycles. The molecule has 5 aliphatic rings. The van der Waals surface area contributed by atoms with Gasteiger partial charge < -0.3 is 5.32 Å². The van der Waals surface area contributed by atoms with Gasteiger partial charge in [-0.1, -0.05) is 13.3 Å². The van der Waals surface area contributed by atoms with Gasteiger partial charge in [0, 0.05) is 11.1 Å². The first-order chi connectivity index (χ1) is 8.68. The predicted molar refractivity (Wildman–Crippen MR) is 73.2 cm³/mol. The second-order valence-corrected chi connectivity index (χ2v) is 8.47. The van der Waals surface area contributed by atoms with Crippen molar-refractivity contribution in [1.82, 2.24) is 5.32 Å². The first-order valence-electron chi connectivity index (χ1n) is 8.48. The molecule has 1 spiro atoms. The van der Waals surface area contributed by atoms with Crippen molar-refractivity contribution in [2.75, 3.05) is 0 Å². The van der Waals surface area contributed by atoms with Crippen LogP contribution < -0.4 is 5.32 Å². The molecule has 8 atom stereocenters. The molecule has 0 radical (unpaired) electrons. The minimum Gasteiger partial charge on any atom is -0.302 e. The van der Waals surface area contributed by atoms with Crippen molar-refractivity contribution in [2.24, 2.45) is 35.5 Å². The maximum atomic E-state index is 4.02. The maximum Gasteiger partial charge on any atom is 0.0400 e. The Hall–Kier alpha value is -0.0400. The van der Waals surface area contributed by atoms with E-state index in [1.807, 2.05) is 0 Å². The Morgan fingerprint density at radius 2 is 1.83 bits per heavy atom. The summed E-state index contributed by atoms with van der Waals surface area (Å²) in [6, 6.07) is 0. The molecule has 100 valence electrons. The fourth-order valence-electron chi connectivity index (χ4n) is 7.66. The van der Waals surface area contributed by atoms with Gasteiger partial charge in [-0.25, -0.2) is 0 Å². The van der Waals surface area contributed by atoms with Crippen LogP contribution in [0.15, 0.2) is 0 Å². The summed E-state index contributed by atoms with van der Waals surface area (Å²) < 4.78 is 0. The largest absolute Gasteiger partial charge is 0.302 e. The van der Waals surface area contributed by atoms with Crippen LogP contribution >= 0.6 is 0 Å².